The van der Waals surface area contributed by atoms with Crippen LogP contribution in [0.15, 0.2) is 28.7 Å². The number of methoxy groups -OCH3 is 2. The first-order valence-corrected chi connectivity index (χ1v) is 6.44. The second-order valence-electron chi connectivity index (χ2n) is 4.63. The van der Waals surface area contributed by atoms with Crippen molar-refractivity contribution in [2.75, 3.05) is 14.2 Å². The third-order valence-corrected chi connectivity index (χ3v) is 4.23. The molecule has 1 aliphatic carbocycles. The van der Waals surface area contributed by atoms with E-state index in [9.17, 15) is 4.79 Å². The molecule has 1 aromatic rings. The summed E-state index contributed by atoms with van der Waals surface area (Å²) in [4.78, 5) is 11.8. The molecular formula is C13H16BrNO3. The lowest BCUT2D eigenvalue weighted by Gasteiger charge is -2.52. The Morgan fingerprint density at radius 1 is 1.33 bits per heavy atom. The molecule has 0 aromatic heterocycles. The number of nitrogens with two attached hydrogens (primary N) is 1. The predicted molar refractivity (Wildman–Crippen MR) is 71.0 cm³/mol. The molecule has 0 atom stereocenters. The number of ether oxygens (including phenoxy) is 2. The average molecular weight is 314 g/mol. The van der Waals surface area contributed by atoms with Crippen LogP contribution in [0, 0.1) is 0 Å². The van der Waals surface area contributed by atoms with Crippen LogP contribution in [0.2, 0.25) is 0 Å². The molecular weight excluding hydrogens is 298 g/mol. The molecule has 0 aliphatic heterocycles. The molecule has 0 radical (unpaired) electrons. The summed E-state index contributed by atoms with van der Waals surface area (Å²) in [7, 11) is 3.16. The molecule has 5 heteroatoms. The smallest absolute Gasteiger partial charge is 0.228 e. The Labute approximate surface area is 115 Å². The van der Waals surface area contributed by atoms with E-state index in [2.05, 4.69) is 15.9 Å². The topological polar surface area (TPSA) is 61.6 Å². The van der Waals surface area contributed by atoms with Gasteiger partial charge in [-0.15, -0.1) is 0 Å². The van der Waals surface area contributed by atoms with Gasteiger partial charge in [0.25, 0.3) is 0 Å². The summed E-state index contributed by atoms with van der Waals surface area (Å²) in [6.07, 6.45) is 0.886. The lowest BCUT2D eigenvalue weighted by Crippen LogP contribution is -2.62. The highest BCUT2D eigenvalue weighted by Crippen LogP contribution is 2.52. The Hall–Kier alpha value is -0.910. The van der Waals surface area contributed by atoms with Crippen LogP contribution >= 0.6 is 15.9 Å². The first-order valence-electron chi connectivity index (χ1n) is 5.64. The summed E-state index contributed by atoms with van der Waals surface area (Å²) >= 11 is 3.41. The van der Waals surface area contributed by atoms with Gasteiger partial charge >= 0.3 is 0 Å². The molecule has 18 heavy (non-hydrogen) atoms. The van der Waals surface area contributed by atoms with Crippen LogP contribution in [-0.2, 0) is 19.7 Å². The van der Waals surface area contributed by atoms with Gasteiger partial charge in [0.2, 0.25) is 5.91 Å². The molecule has 0 bridgehead atoms. The molecule has 1 saturated carbocycles. The Bertz CT molecular complexity index is 463. The zero-order chi connectivity index (χ0) is 13.4. The summed E-state index contributed by atoms with van der Waals surface area (Å²) in [5.74, 6) is -1.04. The second kappa shape index (κ2) is 4.64. The maximum absolute atomic E-state index is 11.8. The van der Waals surface area contributed by atoms with Gasteiger partial charge in [-0.3, -0.25) is 4.79 Å². The number of hydrogen-bond donors (Lipinski definition) is 1. The van der Waals surface area contributed by atoms with E-state index in [4.69, 9.17) is 15.2 Å². The van der Waals surface area contributed by atoms with E-state index in [1.165, 1.54) is 0 Å². The highest BCUT2D eigenvalue weighted by molar-refractivity contribution is 9.10. The fourth-order valence-corrected chi connectivity index (χ4v) is 2.95. The number of carbonyl (C=O) groups excluding carboxylic acids is 1. The number of primary amides is 1. The summed E-state index contributed by atoms with van der Waals surface area (Å²) in [5, 5.41) is 0. The second-order valence-corrected chi connectivity index (χ2v) is 5.54. The first kappa shape index (κ1) is 13.5. The Balaban J connectivity index is 2.35. The molecule has 1 aromatic carbocycles. The number of amides is 1. The van der Waals surface area contributed by atoms with E-state index < -0.39 is 11.2 Å². The van der Waals surface area contributed by atoms with Gasteiger partial charge in [0, 0.05) is 31.5 Å². The van der Waals surface area contributed by atoms with Gasteiger partial charge in [-0.25, -0.2) is 0 Å². The van der Waals surface area contributed by atoms with Crippen LogP contribution in [0.5, 0.6) is 0 Å². The van der Waals surface area contributed by atoms with Gasteiger partial charge in [0.05, 0.1) is 5.41 Å². The van der Waals surface area contributed by atoms with Crippen molar-refractivity contribution in [1.29, 1.82) is 0 Å². The molecule has 0 saturated heterocycles. The molecule has 1 aliphatic rings. The zero-order valence-corrected chi connectivity index (χ0v) is 12.0. The number of carbonyl (C=O) groups is 1. The average Bonchev–Trinajstić information content (AvgIpc) is 2.29. The Kier molecular flexibility index (Phi) is 3.49. The van der Waals surface area contributed by atoms with E-state index in [1.807, 2.05) is 24.3 Å². The number of rotatable bonds is 4. The number of halogens is 1. The molecule has 4 nitrogen and oxygen atoms in total. The summed E-state index contributed by atoms with van der Waals surface area (Å²) < 4.78 is 11.6. The third-order valence-electron chi connectivity index (χ3n) is 3.74. The number of hydrogen-bond acceptors (Lipinski definition) is 3. The van der Waals surface area contributed by atoms with Crippen molar-refractivity contribution < 1.29 is 14.3 Å². The van der Waals surface area contributed by atoms with Crippen molar-refractivity contribution >= 4 is 21.8 Å². The van der Waals surface area contributed by atoms with Gasteiger partial charge in [-0.05, 0) is 17.7 Å². The summed E-state index contributed by atoms with van der Waals surface area (Å²) in [5.41, 5.74) is 5.78. The molecule has 98 valence electrons. The fraction of sp³-hybridized carbons (Fsp3) is 0.462. The van der Waals surface area contributed by atoms with Crippen LogP contribution in [0.4, 0.5) is 0 Å². The van der Waals surface area contributed by atoms with Crippen molar-refractivity contribution in [3.05, 3.63) is 34.3 Å². The quantitative estimate of drug-likeness (QED) is 0.864. The maximum atomic E-state index is 11.8. The predicted octanol–water partition coefficient (Wildman–Crippen LogP) is 1.96. The lowest BCUT2D eigenvalue weighted by atomic mass is 9.60. The van der Waals surface area contributed by atoms with Crippen LogP contribution in [0.1, 0.15) is 18.4 Å². The maximum Gasteiger partial charge on any atom is 0.228 e. The molecule has 0 unspecified atom stereocenters. The van der Waals surface area contributed by atoms with Crippen LogP contribution in [0.3, 0.4) is 0 Å². The standard InChI is InChI=1S/C13H16BrNO3/c1-17-13(18-2)7-12(8-13,11(15)16)9-4-3-5-10(14)6-9/h3-6H,7-8H2,1-2H3,(H2,15,16). The minimum Gasteiger partial charge on any atom is -0.369 e. The van der Waals surface area contributed by atoms with Crippen LogP contribution in [0.25, 0.3) is 0 Å². The molecule has 0 heterocycles. The van der Waals surface area contributed by atoms with E-state index in [-0.39, 0.29) is 5.91 Å². The summed E-state index contributed by atoms with van der Waals surface area (Å²) in [6.45, 7) is 0. The van der Waals surface area contributed by atoms with Gasteiger partial charge in [0.15, 0.2) is 5.79 Å². The lowest BCUT2D eigenvalue weighted by molar-refractivity contribution is -0.274. The largest absolute Gasteiger partial charge is 0.369 e. The molecule has 2 rings (SSSR count). The van der Waals surface area contributed by atoms with Gasteiger partial charge in [-0.2, -0.15) is 0 Å². The highest BCUT2D eigenvalue weighted by Gasteiger charge is 2.60. The van der Waals surface area contributed by atoms with Crippen molar-refractivity contribution in [3.8, 4) is 0 Å². The SMILES string of the molecule is COC1(OC)CC(C(N)=O)(c2cccc(Br)c2)C1. The molecule has 0 spiro atoms. The minimum atomic E-state index is -0.699. The van der Waals surface area contributed by atoms with E-state index in [0.717, 1.165) is 10.0 Å². The summed E-state index contributed by atoms with van der Waals surface area (Å²) in [6, 6.07) is 7.63. The Morgan fingerprint density at radius 3 is 2.39 bits per heavy atom. The first-order chi connectivity index (χ1) is 8.48. The van der Waals surface area contributed by atoms with Gasteiger partial charge < -0.3 is 15.2 Å². The van der Waals surface area contributed by atoms with Gasteiger partial charge in [-0.1, -0.05) is 28.1 Å². The van der Waals surface area contributed by atoms with E-state index in [0.29, 0.717) is 12.8 Å². The van der Waals surface area contributed by atoms with Gasteiger partial charge in [0.1, 0.15) is 0 Å². The Morgan fingerprint density at radius 2 is 1.94 bits per heavy atom. The number of benzene rings is 1. The molecule has 2 N–H and O–H groups in total. The molecule has 1 fully saturated rings. The molecule has 1 amide bonds. The van der Waals surface area contributed by atoms with E-state index in [1.54, 1.807) is 14.2 Å². The fourth-order valence-electron chi connectivity index (χ4n) is 2.55. The third kappa shape index (κ3) is 1.96. The van der Waals surface area contributed by atoms with Crippen molar-refractivity contribution in [2.45, 2.75) is 24.0 Å². The van der Waals surface area contributed by atoms with Crippen LogP contribution in [-0.4, -0.2) is 25.9 Å². The highest BCUT2D eigenvalue weighted by atomic mass is 79.9. The zero-order valence-electron chi connectivity index (χ0n) is 10.4. The minimum absolute atomic E-state index is 0.342. The van der Waals surface area contributed by atoms with Crippen molar-refractivity contribution in [3.63, 3.8) is 0 Å². The monoisotopic (exact) mass is 313 g/mol. The van der Waals surface area contributed by atoms with E-state index >= 15 is 0 Å². The normalized spacial score (nSPS) is 20.2. The van der Waals surface area contributed by atoms with Crippen LogP contribution < -0.4 is 5.73 Å². The van der Waals surface area contributed by atoms with Crippen molar-refractivity contribution in [2.24, 2.45) is 5.73 Å². The van der Waals surface area contributed by atoms with Crippen molar-refractivity contribution in [1.82, 2.24) is 0 Å².